The Morgan fingerprint density at radius 2 is 1.61 bits per heavy atom. The van der Waals surface area contributed by atoms with Gasteiger partial charge in [-0.2, -0.15) is 12.7 Å². The van der Waals surface area contributed by atoms with Gasteiger partial charge >= 0.3 is 10.2 Å². The monoisotopic (exact) mass is 981 g/mol. The molecule has 368 valence electrons. The van der Waals surface area contributed by atoms with Gasteiger partial charge in [0.15, 0.2) is 5.82 Å². The van der Waals surface area contributed by atoms with E-state index in [-0.39, 0.29) is 43.3 Å². The third-order valence-corrected chi connectivity index (χ3v) is 15.9. The van der Waals surface area contributed by atoms with Gasteiger partial charge in [-0.1, -0.05) is 12.1 Å². The number of ketones is 1. The van der Waals surface area contributed by atoms with Crippen molar-refractivity contribution in [3.05, 3.63) is 101 Å². The summed E-state index contributed by atoms with van der Waals surface area (Å²) in [6.07, 6.45) is 6.22. The Morgan fingerprint density at radius 3 is 2.31 bits per heavy atom. The number of anilines is 3. The number of methoxy groups -OCH3 is 1. The highest BCUT2D eigenvalue weighted by Crippen LogP contribution is 2.38. The van der Waals surface area contributed by atoms with Crippen molar-refractivity contribution in [2.45, 2.75) is 63.7 Å². The quantitative estimate of drug-likeness (QED) is 0.0982. The number of H-pyrrole nitrogens is 1. The summed E-state index contributed by atoms with van der Waals surface area (Å²) in [6.45, 7) is 6.38. The minimum atomic E-state index is -4.36. The van der Waals surface area contributed by atoms with E-state index in [0.717, 1.165) is 110 Å². The first kappa shape index (κ1) is 47.2. The van der Waals surface area contributed by atoms with E-state index in [9.17, 15) is 32.0 Å². The number of halogens is 3. The molecule has 0 saturated carbocycles. The minimum absolute atomic E-state index is 0.00262. The molecule has 0 spiro atoms. The van der Waals surface area contributed by atoms with Crippen molar-refractivity contribution in [1.82, 2.24) is 29.4 Å². The minimum Gasteiger partial charge on any atom is -0.496 e. The molecule has 2 aromatic heterocycles. The van der Waals surface area contributed by atoms with Crippen LogP contribution in [-0.2, 0) is 26.3 Å². The van der Waals surface area contributed by atoms with Gasteiger partial charge in [0.2, 0.25) is 17.6 Å². The Kier molecular flexibility index (Phi) is 13.0. The maximum atomic E-state index is 15.8. The number of nitrogens with zero attached hydrogens (tertiary/aromatic N) is 6. The van der Waals surface area contributed by atoms with Gasteiger partial charge < -0.3 is 29.3 Å². The Labute approximate surface area is 403 Å². The van der Waals surface area contributed by atoms with Crippen LogP contribution in [0.3, 0.4) is 0 Å². The molecule has 16 nitrogen and oxygen atoms in total. The smallest absolute Gasteiger partial charge is 0.301 e. The van der Waals surface area contributed by atoms with Crippen LogP contribution in [0.5, 0.6) is 5.75 Å². The number of piperidine rings is 2. The van der Waals surface area contributed by atoms with Crippen LogP contribution in [0.1, 0.15) is 76.8 Å². The van der Waals surface area contributed by atoms with Gasteiger partial charge in [-0.05, 0) is 105 Å². The second-order valence-electron chi connectivity index (χ2n) is 18.8. The standard InChI is InChI=1S/C50H54F3N9O7S/c1-69-42-24-36(22-33-28-62(50(66)44(33)42)41-10-11-43(63)56-49(41)65)59-17-2-15-58(16-3-18-59)27-30-12-19-60(20-13-30)35-6-4-31(5-7-35)32-23-37-38(26-55-48(37)54-25-32)47(64)45-39(52)8-9-40(46(45)53)57-70(67,68)61-21-14-34(51)29-61/h4-9,22-26,30,34,41,57H,2-3,10-21,27-29H2,1H3,(H,54,55)(H,56,63,65)/t34-,41?/m1/s1. The molecule has 3 N–H and O–H groups in total. The van der Waals surface area contributed by atoms with Crippen molar-refractivity contribution in [3.63, 3.8) is 0 Å². The zero-order chi connectivity index (χ0) is 48.8. The van der Waals surface area contributed by atoms with Crippen LogP contribution >= 0.6 is 0 Å². The van der Waals surface area contributed by atoms with Gasteiger partial charge in [0.25, 0.3) is 5.91 Å². The Bertz CT molecular complexity index is 2970. The number of amides is 3. The fraction of sp³-hybridized carbons (Fsp3) is 0.420. The van der Waals surface area contributed by atoms with E-state index < -0.39 is 57.0 Å². The Hall–Kier alpha value is -6.51. The lowest BCUT2D eigenvalue weighted by molar-refractivity contribution is -0.136. The lowest BCUT2D eigenvalue weighted by Crippen LogP contribution is -2.52. The summed E-state index contributed by atoms with van der Waals surface area (Å²) in [5.41, 5.74) is 3.65. The molecule has 5 aliphatic rings. The van der Waals surface area contributed by atoms with Crippen LogP contribution in [0.25, 0.3) is 22.2 Å². The number of carbonyl (C=O) groups excluding carboxylic acids is 4. The highest BCUT2D eigenvalue weighted by atomic mass is 32.2. The lowest BCUT2D eigenvalue weighted by atomic mass is 9.95. The molecule has 3 aromatic carbocycles. The number of alkyl halides is 1. The van der Waals surface area contributed by atoms with Crippen LogP contribution < -0.4 is 24.6 Å². The number of fused-ring (bicyclic) bond motifs is 2. The highest BCUT2D eigenvalue weighted by molar-refractivity contribution is 7.90. The third-order valence-electron chi connectivity index (χ3n) is 14.4. The summed E-state index contributed by atoms with van der Waals surface area (Å²) in [5, 5.41) is 2.70. The van der Waals surface area contributed by atoms with E-state index in [0.29, 0.717) is 46.8 Å². The molecule has 3 amide bonds. The van der Waals surface area contributed by atoms with Gasteiger partial charge in [-0.25, -0.2) is 18.2 Å². The van der Waals surface area contributed by atoms with E-state index in [1.54, 1.807) is 24.3 Å². The summed E-state index contributed by atoms with van der Waals surface area (Å²) >= 11 is 0. The van der Waals surface area contributed by atoms with Crippen molar-refractivity contribution in [3.8, 4) is 16.9 Å². The average Bonchev–Trinajstić information content (AvgIpc) is 4.07. The van der Waals surface area contributed by atoms with Crippen molar-refractivity contribution in [2.75, 3.05) is 80.5 Å². The van der Waals surface area contributed by atoms with E-state index in [1.165, 1.54) is 6.20 Å². The number of aromatic amines is 1. The first-order valence-electron chi connectivity index (χ1n) is 23.8. The molecule has 10 rings (SSSR count). The van der Waals surface area contributed by atoms with Gasteiger partial charge in [0, 0.05) is 105 Å². The summed E-state index contributed by atoms with van der Waals surface area (Å²) in [7, 11) is -2.80. The number of nitrogens with one attached hydrogen (secondary N) is 3. The number of imide groups is 1. The molecule has 5 aromatic rings. The Morgan fingerprint density at radius 1 is 0.871 bits per heavy atom. The molecule has 4 fully saturated rings. The second kappa shape index (κ2) is 19.4. The van der Waals surface area contributed by atoms with Crippen LogP contribution in [0.4, 0.5) is 30.2 Å². The molecule has 4 saturated heterocycles. The van der Waals surface area contributed by atoms with Crippen molar-refractivity contribution in [1.29, 1.82) is 0 Å². The molecule has 0 aliphatic carbocycles. The van der Waals surface area contributed by atoms with Crippen LogP contribution in [0.15, 0.2) is 67.0 Å². The largest absolute Gasteiger partial charge is 0.496 e. The number of aromatic nitrogens is 2. The van der Waals surface area contributed by atoms with E-state index in [1.807, 2.05) is 22.9 Å². The van der Waals surface area contributed by atoms with Crippen molar-refractivity contribution < 1.29 is 45.5 Å². The number of pyridine rings is 1. The zero-order valence-corrected chi connectivity index (χ0v) is 39.5. The molecule has 1 unspecified atom stereocenters. The van der Waals surface area contributed by atoms with Crippen LogP contribution in [0.2, 0.25) is 0 Å². The molecule has 70 heavy (non-hydrogen) atoms. The first-order chi connectivity index (χ1) is 33.7. The maximum absolute atomic E-state index is 15.8. The SMILES string of the molecule is COc1cc(N2CCCN(CC3CCN(c4ccc(-c5cnc6[nH]cc(C(=O)c7c(F)ccc(NS(=O)(=O)N8CC[C@@H](F)C8)c7F)c6c5)cc4)CC3)CCC2)cc2c1C(=O)N(C1CCC(=O)NC1=O)C2. The van der Waals surface area contributed by atoms with Gasteiger partial charge in [0.1, 0.15) is 29.4 Å². The highest BCUT2D eigenvalue weighted by Gasteiger charge is 2.41. The van der Waals surface area contributed by atoms with Gasteiger partial charge in [-0.15, -0.1) is 0 Å². The lowest BCUT2D eigenvalue weighted by Gasteiger charge is -2.37. The van der Waals surface area contributed by atoms with E-state index >= 15 is 8.78 Å². The molecular weight excluding hydrogens is 928 g/mol. The van der Waals surface area contributed by atoms with Gasteiger partial charge in [0.05, 0.1) is 23.9 Å². The molecule has 2 atom stereocenters. The maximum Gasteiger partial charge on any atom is 0.301 e. The number of hydrogen-bond acceptors (Lipinski definition) is 11. The number of rotatable bonds is 12. The molecular formula is C50H54F3N9O7S. The van der Waals surface area contributed by atoms with Crippen molar-refractivity contribution in [2.24, 2.45) is 5.92 Å². The summed E-state index contributed by atoms with van der Waals surface area (Å²) in [6, 6.07) is 14.8. The summed E-state index contributed by atoms with van der Waals surface area (Å²) < 4.78 is 79.0. The molecule has 7 heterocycles. The van der Waals surface area contributed by atoms with E-state index in [2.05, 4.69) is 48.2 Å². The molecule has 5 aliphatic heterocycles. The third kappa shape index (κ3) is 9.31. The van der Waals surface area contributed by atoms with Gasteiger partial charge in [-0.3, -0.25) is 29.2 Å². The van der Waals surface area contributed by atoms with E-state index in [4.69, 9.17) is 4.74 Å². The van der Waals surface area contributed by atoms with Crippen LogP contribution in [0, 0.1) is 17.6 Å². The molecule has 20 heteroatoms. The summed E-state index contributed by atoms with van der Waals surface area (Å²) in [5.74, 6) is -3.48. The Balaban J connectivity index is 0.730. The zero-order valence-electron chi connectivity index (χ0n) is 38.7. The number of ether oxygens (including phenoxy) is 1. The van der Waals surface area contributed by atoms with Crippen molar-refractivity contribution >= 4 is 61.8 Å². The predicted molar refractivity (Wildman–Crippen MR) is 257 cm³/mol. The summed E-state index contributed by atoms with van der Waals surface area (Å²) in [4.78, 5) is 67.9. The number of benzene rings is 3. The fourth-order valence-electron chi connectivity index (χ4n) is 10.7. The molecule has 0 bridgehead atoms. The molecule has 0 radical (unpaired) electrons. The average molecular weight is 982 g/mol. The first-order valence-corrected chi connectivity index (χ1v) is 25.3. The van der Waals surface area contributed by atoms with Crippen LogP contribution in [-0.4, -0.2) is 134 Å². The number of carbonyl (C=O) groups is 4. The predicted octanol–water partition coefficient (Wildman–Crippen LogP) is 6.03. The fourth-order valence-corrected chi connectivity index (χ4v) is 11.9. The normalized spacial score (nSPS) is 21.0. The number of hydrogen-bond donors (Lipinski definition) is 3. The second-order valence-corrected chi connectivity index (χ2v) is 20.5. The topological polar surface area (TPSA) is 181 Å².